The van der Waals surface area contributed by atoms with Crippen LogP contribution >= 0.6 is 0 Å². The standard InChI is InChI=1S/C31H32N2O/c1-2-3-23-32(25-28-15-9-5-10-16-28)31(34)33(29-17-11-6-12-18-29)30-21-19-27(20-22-30)24-26-13-7-4-8-14-26/h4-22H,2-3,23-25H2,1H3. The van der Waals surface area contributed by atoms with Crippen molar-refractivity contribution in [2.24, 2.45) is 0 Å². The van der Waals surface area contributed by atoms with Crippen molar-refractivity contribution in [3.8, 4) is 0 Å². The maximum atomic E-state index is 14.0. The van der Waals surface area contributed by atoms with Crippen LogP contribution in [-0.2, 0) is 13.0 Å². The van der Waals surface area contributed by atoms with E-state index in [0.29, 0.717) is 6.54 Å². The van der Waals surface area contributed by atoms with Crippen LogP contribution in [-0.4, -0.2) is 17.5 Å². The number of rotatable bonds is 9. The van der Waals surface area contributed by atoms with Crippen molar-refractivity contribution in [1.82, 2.24) is 4.90 Å². The van der Waals surface area contributed by atoms with Crippen LogP contribution in [0.2, 0.25) is 0 Å². The third-order valence-corrected chi connectivity index (χ3v) is 5.92. The molecule has 4 aromatic rings. The van der Waals surface area contributed by atoms with Crippen LogP contribution in [0.5, 0.6) is 0 Å². The Morgan fingerprint density at radius 3 is 1.71 bits per heavy atom. The number of benzene rings is 4. The zero-order valence-electron chi connectivity index (χ0n) is 19.8. The van der Waals surface area contributed by atoms with Gasteiger partial charge in [-0.05, 0) is 53.8 Å². The molecule has 4 aromatic carbocycles. The van der Waals surface area contributed by atoms with E-state index in [1.165, 1.54) is 11.1 Å². The number of unbranched alkanes of at least 4 members (excludes halogenated alkanes) is 1. The van der Waals surface area contributed by atoms with E-state index in [1.807, 2.05) is 64.4 Å². The van der Waals surface area contributed by atoms with Gasteiger partial charge in [0.05, 0.1) is 11.4 Å². The minimum absolute atomic E-state index is 0.000637. The van der Waals surface area contributed by atoms with Crippen LogP contribution in [0.15, 0.2) is 115 Å². The van der Waals surface area contributed by atoms with Gasteiger partial charge in [0.1, 0.15) is 0 Å². The number of amides is 2. The van der Waals surface area contributed by atoms with Gasteiger partial charge < -0.3 is 4.90 Å². The van der Waals surface area contributed by atoms with Crippen LogP contribution in [0.3, 0.4) is 0 Å². The third kappa shape index (κ3) is 6.14. The Hall–Kier alpha value is -3.85. The van der Waals surface area contributed by atoms with Crippen molar-refractivity contribution in [2.45, 2.75) is 32.7 Å². The molecule has 0 unspecified atom stereocenters. The summed E-state index contributed by atoms with van der Waals surface area (Å²) in [6.45, 7) is 3.47. The molecule has 3 nitrogen and oxygen atoms in total. The lowest BCUT2D eigenvalue weighted by molar-refractivity contribution is 0.203. The molecule has 4 rings (SSSR count). The molecular formula is C31H32N2O. The summed E-state index contributed by atoms with van der Waals surface area (Å²) in [5.41, 5.74) is 5.39. The predicted octanol–water partition coefficient (Wildman–Crippen LogP) is 7.84. The van der Waals surface area contributed by atoms with Crippen LogP contribution in [0.4, 0.5) is 16.2 Å². The molecule has 172 valence electrons. The Morgan fingerprint density at radius 2 is 1.12 bits per heavy atom. The summed E-state index contributed by atoms with van der Waals surface area (Å²) in [7, 11) is 0. The van der Waals surface area contributed by atoms with Gasteiger partial charge in [-0.25, -0.2) is 4.79 Å². The van der Waals surface area contributed by atoms with Gasteiger partial charge in [-0.15, -0.1) is 0 Å². The lowest BCUT2D eigenvalue weighted by Crippen LogP contribution is -2.41. The first-order valence-electron chi connectivity index (χ1n) is 12.1. The molecule has 0 bridgehead atoms. The van der Waals surface area contributed by atoms with Crippen molar-refractivity contribution >= 4 is 17.4 Å². The summed E-state index contributed by atoms with van der Waals surface area (Å²) in [6.07, 6.45) is 2.88. The molecular weight excluding hydrogens is 416 g/mol. The SMILES string of the molecule is CCCCN(Cc1ccccc1)C(=O)N(c1ccccc1)c1ccc(Cc2ccccc2)cc1. The average Bonchev–Trinajstić information content (AvgIpc) is 2.89. The van der Waals surface area contributed by atoms with Gasteiger partial charge in [0.25, 0.3) is 0 Å². The third-order valence-electron chi connectivity index (χ3n) is 5.92. The molecule has 0 saturated heterocycles. The monoisotopic (exact) mass is 448 g/mol. The molecule has 0 spiro atoms. The largest absolute Gasteiger partial charge is 0.329 e. The highest BCUT2D eigenvalue weighted by Gasteiger charge is 2.24. The first-order valence-corrected chi connectivity index (χ1v) is 12.1. The first kappa shape index (κ1) is 23.3. The Morgan fingerprint density at radius 1 is 0.618 bits per heavy atom. The van der Waals surface area contributed by atoms with Crippen LogP contribution in [0.1, 0.15) is 36.5 Å². The number of urea groups is 1. The van der Waals surface area contributed by atoms with Gasteiger partial charge in [0.15, 0.2) is 0 Å². The average molecular weight is 449 g/mol. The number of nitrogens with zero attached hydrogens (tertiary/aromatic N) is 2. The van der Waals surface area contributed by atoms with Crippen molar-refractivity contribution in [3.63, 3.8) is 0 Å². The molecule has 0 aliphatic rings. The zero-order valence-corrected chi connectivity index (χ0v) is 19.8. The molecule has 0 atom stereocenters. The van der Waals surface area contributed by atoms with Crippen molar-refractivity contribution in [3.05, 3.63) is 132 Å². The predicted molar refractivity (Wildman–Crippen MR) is 141 cm³/mol. The fourth-order valence-corrected chi connectivity index (χ4v) is 4.08. The van der Waals surface area contributed by atoms with E-state index in [4.69, 9.17) is 0 Å². The lowest BCUT2D eigenvalue weighted by atomic mass is 10.0. The van der Waals surface area contributed by atoms with E-state index in [-0.39, 0.29) is 6.03 Å². The number of carbonyl (C=O) groups is 1. The van der Waals surface area contributed by atoms with Gasteiger partial charge >= 0.3 is 6.03 Å². The van der Waals surface area contributed by atoms with E-state index >= 15 is 0 Å². The number of carbonyl (C=O) groups excluding carboxylic acids is 1. The first-order chi connectivity index (χ1) is 16.7. The van der Waals surface area contributed by atoms with Crippen molar-refractivity contribution in [1.29, 1.82) is 0 Å². The zero-order chi connectivity index (χ0) is 23.6. The van der Waals surface area contributed by atoms with Gasteiger partial charge in [0, 0.05) is 13.1 Å². The molecule has 2 amide bonds. The van der Waals surface area contributed by atoms with Gasteiger partial charge in [-0.1, -0.05) is 104 Å². The molecule has 0 saturated carbocycles. The Bertz CT molecular complexity index is 1140. The second kappa shape index (κ2) is 11.9. The smallest absolute Gasteiger partial charge is 0.320 e. The van der Waals surface area contributed by atoms with E-state index in [1.54, 1.807) is 0 Å². The van der Waals surface area contributed by atoms with Crippen molar-refractivity contribution < 1.29 is 4.79 Å². The van der Waals surface area contributed by atoms with Crippen LogP contribution < -0.4 is 4.90 Å². The minimum atomic E-state index is -0.000637. The topological polar surface area (TPSA) is 23.6 Å². The lowest BCUT2D eigenvalue weighted by Gasteiger charge is -2.31. The normalized spacial score (nSPS) is 10.6. The minimum Gasteiger partial charge on any atom is -0.320 e. The number of hydrogen-bond acceptors (Lipinski definition) is 1. The van der Waals surface area contributed by atoms with Crippen LogP contribution in [0.25, 0.3) is 0 Å². The molecule has 0 aromatic heterocycles. The molecule has 0 aliphatic carbocycles. The van der Waals surface area contributed by atoms with Gasteiger partial charge in [-0.2, -0.15) is 0 Å². The maximum absolute atomic E-state index is 14.0. The number of anilines is 2. The summed E-state index contributed by atoms with van der Waals surface area (Å²) >= 11 is 0. The Kier molecular flexibility index (Phi) is 8.13. The fourth-order valence-electron chi connectivity index (χ4n) is 4.08. The number of hydrogen-bond donors (Lipinski definition) is 0. The quantitative estimate of drug-likeness (QED) is 0.256. The van der Waals surface area contributed by atoms with Gasteiger partial charge in [0.2, 0.25) is 0 Å². The van der Waals surface area contributed by atoms with E-state index in [9.17, 15) is 4.79 Å². The molecule has 0 heterocycles. The molecule has 0 N–H and O–H groups in total. The number of para-hydroxylation sites is 1. The highest BCUT2D eigenvalue weighted by molar-refractivity contribution is 5.99. The molecule has 0 radical (unpaired) electrons. The molecule has 0 fully saturated rings. The second-order valence-electron chi connectivity index (χ2n) is 8.54. The fraction of sp³-hybridized carbons (Fsp3) is 0.194. The summed E-state index contributed by atoms with van der Waals surface area (Å²) in [5, 5.41) is 0. The van der Waals surface area contributed by atoms with Gasteiger partial charge in [-0.3, -0.25) is 4.90 Å². The van der Waals surface area contributed by atoms with E-state index < -0.39 is 0 Å². The highest BCUT2D eigenvalue weighted by atomic mass is 16.2. The van der Waals surface area contributed by atoms with Crippen LogP contribution in [0, 0.1) is 0 Å². The Labute approximate surface area is 203 Å². The summed E-state index contributed by atoms with van der Waals surface area (Å²) in [6, 6.07) is 39.0. The molecule has 3 heteroatoms. The summed E-state index contributed by atoms with van der Waals surface area (Å²) in [5.74, 6) is 0. The maximum Gasteiger partial charge on any atom is 0.329 e. The highest BCUT2D eigenvalue weighted by Crippen LogP contribution is 2.28. The molecule has 0 aliphatic heterocycles. The molecule has 34 heavy (non-hydrogen) atoms. The second-order valence-corrected chi connectivity index (χ2v) is 8.54. The van der Waals surface area contributed by atoms with E-state index in [2.05, 4.69) is 67.6 Å². The summed E-state index contributed by atoms with van der Waals surface area (Å²) in [4.78, 5) is 17.8. The summed E-state index contributed by atoms with van der Waals surface area (Å²) < 4.78 is 0. The Balaban J connectivity index is 1.62. The van der Waals surface area contributed by atoms with E-state index in [0.717, 1.165) is 42.7 Å². The van der Waals surface area contributed by atoms with Crippen molar-refractivity contribution in [2.75, 3.05) is 11.4 Å².